The third kappa shape index (κ3) is 5.05. The highest BCUT2D eigenvalue weighted by Crippen LogP contribution is 2.28. The molecule has 0 unspecified atom stereocenters. The number of hydrogen-bond acceptors (Lipinski definition) is 5. The molecule has 146 valence electrons. The second-order valence-electron chi connectivity index (χ2n) is 7.39. The third-order valence-electron chi connectivity index (χ3n) is 5.23. The molecule has 1 aromatic rings. The first-order valence-electron chi connectivity index (χ1n) is 9.36. The fraction of sp³-hybridized carbons (Fsp3) is 0.765. The molecule has 8 nitrogen and oxygen atoms in total. The summed E-state index contributed by atoms with van der Waals surface area (Å²) in [5, 5.41) is 3.59. The average Bonchev–Trinajstić information content (AvgIpc) is 3.37. The SMILES string of the molecule is Cc1nc(S(=O)(=O)NCCC(=O)N2CCC(NCC3CC3)CC2)cn1C. The van der Waals surface area contributed by atoms with Crippen molar-refractivity contribution in [1.82, 2.24) is 24.5 Å². The molecular weight excluding hydrogens is 354 g/mol. The maximum atomic E-state index is 12.3. The molecule has 26 heavy (non-hydrogen) atoms. The summed E-state index contributed by atoms with van der Waals surface area (Å²) in [6.07, 6.45) is 6.27. The number of likely N-dealkylation sites (tertiary alicyclic amines) is 1. The molecule has 0 spiro atoms. The molecule has 3 rings (SSSR count). The van der Waals surface area contributed by atoms with Gasteiger partial charge in [-0.3, -0.25) is 4.79 Å². The summed E-state index contributed by atoms with van der Waals surface area (Å²) in [5.41, 5.74) is 0. The summed E-state index contributed by atoms with van der Waals surface area (Å²) in [6.45, 7) is 4.43. The van der Waals surface area contributed by atoms with Crippen molar-refractivity contribution in [2.75, 3.05) is 26.2 Å². The molecule has 9 heteroatoms. The highest BCUT2D eigenvalue weighted by molar-refractivity contribution is 7.89. The monoisotopic (exact) mass is 383 g/mol. The second-order valence-corrected chi connectivity index (χ2v) is 9.11. The van der Waals surface area contributed by atoms with E-state index in [9.17, 15) is 13.2 Å². The molecule has 2 heterocycles. The minimum Gasteiger partial charge on any atom is -0.343 e. The van der Waals surface area contributed by atoms with Gasteiger partial charge in [0.2, 0.25) is 5.91 Å². The molecule has 2 N–H and O–H groups in total. The van der Waals surface area contributed by atoms with Gasteiger partial charge in [-0.2, -0.15) is 0 Å². The maximum Gasteiger partial charge on any atom is 0.259 e. The van der Waals surface area contributed by atoms with Gasteiger partial charge in [0.15, 0.2) is 5.03 Å². The zero-order valence-electron chi connectivity index (χ0n) is 15.6. The van der Waals surface area contributed by atoms with E-state index >= 15 is 0 Å². The van der Waals surface area contributed by atoms with E-state index < -0.39 is 10.0 Å². The lowest BCUT2D eigenvalue weighted by molar-refractivity contribution is -0.132. The number of carbonyl (C=O) groups is 1. The predicted molar refractivity (Wildman–Crippen MR) is 98.1 cm³/mol. The van der Waals surface area contributed by atoms with Crippen molar-refractivity contribution in [1.29, 1.82) is 0 Å². The van der Waals surface area contributed by atoms with Crippen molar-refractivity contribution in [3.8, 4) is 0 Å². The van der Waals surface area contributed by atoms with E-state index in [1.165, 1.54) is 19.0 Å². The number of amides is 1. The average molecular weight is 384 g/mol. The Bertz CT molecular complexity index is 714. The third-order valence-corrected chi connectivity index (χ3v) is 6.56. The largest absolute Gasteiger partial charge is 0.343 e. The van der Waals surface area contributed by atoms with Crippen LogP contribution < -0.4 is 10.0 Å². The van der Waals surface area contributed by atoms with Crippen LogP contribution in [-0.2, 0) is 21.9 Å². The highest BCUT2D eigenvalue weighted by atomic mass is 32.2. The van der Waals surface area contributed by atoms with Gasteiger partial charge in [-0.25, -0.2) is 18.1 Å². The van der Waals surface area contributed by atoms with Gasteiger partial charge in [0.1, 0.15) is 5.82 Å². The van der Waals surface area contributed by atoms with Crippen LogP contribution >= 0.6 is 0 Å². The van der Waals surface area contributed by atoms with E-state index in [0.717, 1.165) is 38.4 Å². The molecule has 1 saturated heterocycles. The lowest BCUT2D eigenvalue weighted by Gasteiger charge is -2.32. The Hall–Kier alpha value is -1.45. The zero-order valence-corrected chi connectivity index (χ0v) is 16.4. The molecule has 1 saturated carbocycles. The lowest BCUT2D eigenvalue weighted by atomic mass is 10.0. The second kappa shape index (κ2) is 8.06. The molecule has 2 fully saturated rings. The van der Waals surface area contributed by atoms with Crippen LogP contribution in [0.4, 0.5) is 0 Å². The first kappa shape index (κ1) is 19.3. The van der Waals surface area contributed by atoms with Gasteiger partial charge in [-0.1, -0.05) is 0 Å². The molecule has 1 aliphatic heterocycles. The van der Waals surface area contributed by atoms with Gasteiger partial charge in [-0.15, -0.1) is 0 Å². The molecule has 0 bridgehead atoms. The molecule has 0 aromatic carbocycles. The quantitative estimate of drug-likeness (QED) is 0.677. The Kier molecular flexibility index (Phi) is 5.99. The van der Waals surface area contributed by atoms with Crippen LogP contribution in [0.1, 0.15) is 37.9 Å². The van der Waals surface area contributed by atoms with Crippen LogP contribution in [0.3, 0.4) is 0 Å². The summed E-state index contributed by atoms with van der Waals surface area (Å²) in [6, 6.07) is 0.505. The Morgan fingerprint density at radius 1 is 1.27 bits per heavy atom. The molecule has 1 aliphatic carbocycles. The highest BCUT2D eigenvalue weighted by Gasteiger charge is 2.26. The van der Waals surface area contributed by atoms with Crippen molar-refractivity contribution >= 4 is 15.9 Å². The molecule has 2 aliphatic rings. The number of piperidine rings is 1. The van der Waals surface area contributed by atoms with Gasteiger partial charge in [0.05, 0.1) is 0 Å². The Morgan fingerprint density at radius 2 is 1.96 bits per heavy atom. The topological polar surface area (TPSA) is 96.3 Å². The normalized spacial score (nSPS) is 19.1. The van der Waals surface area contributed by atoms with E-state index in [1.807, 2.05) is 4.90 Å². The summed E-state index contributed by atoms with van der Waals surface area (Å²) in [4.78, 5) is 18.2. The Labute approximate surface area is 155 Å². The van der Waals surface area contributed by atoms with E-state index in [4.69, 9.17) is 0 Å². The van der Waals surface area contributed by atoms with Crippen molar-refractivity contribution in [2.24, 2.45) is 13.0 Å². The molecule has 0 atom stereocenters. The number of rotatable bonds is 8. The maximum absolute atomic E-state index is 12.3. The lowest BCUT2D eigenvalue weighted by Crippen LogP contribution is -2.46. The Morgan fingerprint density at radius 3 is 2.54 bits per heavy atom. The predicted octanol–water partition coefficient (Wildman–Crippen LogP) is 0.388. The van der Waals surface area contributed by atoms with E-state index in [0.29, 0.717) is 11.9 Å². The van der Waals surface area contributed by atoms with Crippen LogP contribution in [0.15, 0.2) is 11.2 Å². The fourth-order valence-corrected chi connectivity index (χ4v) is 4.24. The molecule has 0 radical (unpaired) electrons. The smallest absolute Gasteiger partial charge is 0.259 e. The van der Waals surface area contributed by atoms with Crippen LogP contribution in [0.25, 0.3) is 0 Å². The number of aryl methyl sites for hydroxylation is 2. The summed E-state index contributed by atoms with van der Waals surface area (Å²) >= 11 is 0. The van der Waals surface area contributed by atoms with Crippen LogP contribution in [0.5, 0.6) is 0 Å². The number of hydrogen-bond donors (Lipinski definition) is 2. The van der Waals surface area contributed by atoms with Crippen molar-refractivity contribution in [2.45, 2.75) is 50.1 Å². The summed E-state index contributed by atoms with van der Waals surface area (Å²) in [7, 11) is -1.93. The summed E-state index contributed by atoms with van der Waals surface area (Å²) in [5.74, 6) is 1.50. The van der Waals surface area contributed by atoms with Crippen LogP contribution in [-0.4, -0.2) is 61.0 Å². The number of imidazole rings is 1. The molecule has 1 aromatic heterocycles. The number of carbonyl (C=O) groups excluding carboxylic acids is 1. The molecule has 1 amide bonds. The number of nitrogens with one attached hydrogen (secondary N) is 2. The molecular formula is C17H29N5O3S. The fourth-order valence-electron chi connectivity index (χ4n) is 3.17. The van der Waals surface area contributed by atoms with Gasteiger partial charge in [-0.05, 0) is 45.1 Å². The van der Waals surface area contributed by atoms with Gasteiger partial charge >= 0.3 is 0 Å². The zero-order chi connectivity index (χ0) is 18.7. The van der Waals surface area contributed by atoms with E-state index in [-0.39, 0.29) is 23.9 Å². The first-order chi connectivity index (χ1) is 12.3. The van der Waals surface area contributed by atoms with Gasteiger partial charge in [0.25, 0.3) is 10.0 Å². The number of nitrogens with zero attached hydrogens (tertiary/aromatic N) is 3. The van der Waals surface area contributed by atoms with Crippen molar-refractivity contribution in [3.05, 3.63) is 12.0 Å². The van der Waals surface area contributed by atoms with Gasteiger partial charge < -0.3 is 14.8 Å². The minimum atomic E-state index is -3.67. The Balaban J connectivity index is 1.38. The van der Waals surface area contributed by atoms with Crippen LogP contribution in [0.2, 0.25) is 0 Å². The van der Waals surface area contributed by atoms with Crippen molar-refractivity contribution in [3.63, 3.8) is 0 Å². The minimum absolute atomic E-state index is 0.00513. The number of sulfonamides is 1. The first-order valence-corrected chi connectivity index (χ1v) is 10.8. The van der Waals surface area contributed by atoms with E-state index in [1.54, 1.807) is 18.5 Å². The van der Waals surface area contributed by atoms with Crippen molar-refractivity contribution < 1.29 is 13.2 Å². The summed E-state index contributed by atoms with van der Waals surface area (Å²) < 4.78 is 28.5. The van der Waals surface area contributed by atoms with Crippen LogP contribution in [0, 0.1) is 12.8 Å². The van der Waals surface area contributed by atoms with E-state index in [2.05, 4.69) is 15.0 Å². The van der Waals surface area contributed by atoms with Gasteiger partial charge in [0, 0.05) is 45.3 Å². The number of aromatic nitrogens is 2. The standard InChI is InChI=1S/C17H29N5O3S/c1-13-20-16(12-21(13)2)26(24,25)19-8-5-17(23)22-9-6-15(7-10-22)18-11-14-3-4-14/h12,14-15,18-19H,3-11H2,1-2H3.